The molecule has 110 valence electrons. The predicted octanol–water partition coefficient (Wildman–Crippen LogP) is 2.71. The number of nitrogens with zero attached hydrogens (tertiary/aromatic N) is 4. The molecule has 0 spiro atoms. The molecule has 0 fully saturated rings. The van der Waals surface area contributed by atoms with Crippen LogP contribution < -0.4 is 5.73 Å². The van der Waals surface area contributed by atoms with Crippen LogP contribution in [0.3, 0.4) is 0 Å². The number of furan rings is 1. The van der Waals surface area contributed by atoms with E-state index >= 15 is 0 Å². The van der Waals surface area contributed by atoms with Crippen LogP contribution in [0, 0.1) is 18.3 Å². The average molecular weight is 311 g/mol. The highest BCUT2D eigenvalue weighted by molar-refractivity contribution is 7.99. The van der Waals surface area contributed by atoms with E-state index < -0.39 is 0 Å². The maximum absolute atomic E-state index is 8.87. The third-order valence-electron chi connectivity index (χ3n) is 3.01. The van der Waals surface area contributed by atoms with Crippen LogP contribution in [0.2, 0.25) is 0 Å². The molecule has 3 rings (SSSR count). The van der Waals surface area contributed by atoms with Crippen LogP contribution in [0.15, 0.2) is 34.0 Å². The summed E-state index contributed by atoms with van der Waals surface area (Å²) in [6.07, 6.45) is 2.51. The number of aromatic nitrogens is 3. The highest BCUT2D eigenvalue weighted by Crippen LogP contribution is 2.20. The summed E-state index contributed by atoms with van der Waals surface area (Å²) in [5.74, 6) is 1.94. The van der Waals surface area contributed by atoms with E-state index in [4.69, 9.17) is 15.4 Å². The Labute approximate surface area is 131 Å². The highest BCUT2D eigenvalue weighted by Gasteiger charge is 2.06. The summed E-state index contributed by atoms with van der Waals surface area (Å²) in [7, 11) is 0. The Kier molecular flexibility index (Phi) is 3.94. The third-order valence-corrected chi connectivity index (χ3v) is 3.86. The lowest BCUT2D eigenvalue weighted by Crippen LogP contribution is -1.99. The van der Waals surface area contributed by atoms with E-state index in [1.807, 2.05) is 25.1 Å². The number of thioether (sulfide) groups is 1. The van der Waals surface area contributed by atoms with Gasteiger partial charge in [-0.1, -0.05) is 11.8 Å². The summed E-state index contributed by atoms with van der Waals surface area (Å²) in [6, 6.07) is 7.45. The van der Waals surface area contributed by atoms with Crippen molar-refractivity contribution in [3.63, 3.8) is 0 Å². The maximum Gasteiger partial charge on any atom is 0.190 e. The quantitative estimate of drug-likeness (QED) is 0.583. The van der Waals surface area contributed by atoms with Gasteiger partial charge in [-0.05, 0) is 25.5 Å². The molecule has 0 aliphatic rings. The van der Waals surface area contributed by atoms with E-state index in [0.29, 0.717) is 11.0 Å². The number of nitrogen functional groups attached to an aromatic ring is 1. The maximum atomic E-state index is 8.87. The average Bonchev–Trinajstić information content (AvgIpc) is 2.86. The number of aryl methyl sites for hydroxylation is 2. The molecule has 3 heterocycles. The van der Waals surface area contributed by atoms with Gasteiger partial charge in [0.05, 0.1) is 6.20 Å². The topological polar surface area (TPSA) is 102 Å². The van der Waals surface area contributed by atoms with Crippen molar-refractivity contribution in [2.45, 2.75) is 18.5 Å². The van der Waals surface area contributed by atoms with Gasteiger partial charge in [-0.15, -0.1) is 0 Å². The van der Waals surface area contributed by atoms with Crippen LogP contribution >= 0.6 is 11.8 Å². The van der Waals surface area contributed by atoms with Crippen molar-refractivity contribution in [3.05, 3.63) is 41.5 Å². The van der Waals surface area contributed by atoms with E-state index in [1.54, 1.807) is 6.20 Å². The first-order valence-corrected chi connectivity index (χ1v) is 7.65. The van der Waals surface area contributed by atoms with Gasteiger partial charge in [0.15, 0.2) is 10.7 Å². The zero-order chi connectivity index (χ0) is 15.5. The summed E-state index contributed by atoms with van der Waals surface area (Å²) >= 11 is 1.45. The van der Waals surface area contributed by atoms with Gasteiger partial charge in [0.1, 0.15) is 23.3 Å². The van der Waals surface area contributed by atoms with Crippen molar-refractivity contribution in [3.8, 4) is 6.07 Å². The fourth-order valence-electron chi connectivity index (χ4n) is 2.07. The number of anilines is 1. The van der Waals surface area contributed by atoms with Gasteiger partial charge in [-0.2, -0.15) is 5.26 Å². The molecule has 22 heavy (non-hydrogen) atoms. The van der Waals surface area contributed by atoms with Gasteiger partial charge in [0, 0.05) is 22.9 Å². The van der Waals surface area contributed by atoms with Crippen LogP contribution in [0.1, 0.15) is 17.1 Å². The van der Waals surface area contributed by atoms with Crippen molar-refractivity contribution in [2.75, 3.05) is 11.5 Å². The van der Waals surface area contributed by atoms with E-state index in [2.05, 4.69) is 15.0 Å². The molecule has 3 aromatic rings. The molecule has 0 aliphatic carbocycles. The lowest BCUT2D eigenvalue weighted by Gasteiger charge is -2.02. The smallest absolute Gasteiger partial charge is 0.190 e. The van der Waals surface area contributed by atoms with Gasteiger partial charge in [-0.25, -0.2) is 9.97 Å². The van der Waals surface area contributed by atoms with Crippen LogP contribution in [0.4, 0.5) is 5.82 Å². The van der Waals surface area contributed by atoms with E-state index in [1.165, 1.54) is 17.8 Å². The molecule has 0 amide bonds. The lowest BCUT2D eigenvalue weighted by molar-refractivity contribution is 0.577. The van der Waals surface area contributed by atoms with Crippen molar-refractivity contribution in [1.29, 1.82) is 5.26 Å². The number of pyridine rings is 1. The lowest BCUT2D eigenvalue weighted by atomic mass is 10.2. The molecule has 0 aromatic carbocycles. The molecule has 0 atom stereocenters. The van der Waals surface area contributed by atoms with Crippen LogP contribution in [0.25, 0.3) is 11.0 Å². The van der Waals surface area contributed by atoms with Crippen molar-refractivity contribution < 1.29 is 4.42 Å². The summed E-state index contributed by atoms with van der Waals surface area (Å²) in [4.78, 5) is 12.6. The molecule has 0 radical (unpaired) electrons. The van der Waals surface area contributed by atoms with Crippen molar-refractivity contribution in [1.82, 2.24) is 15.0 Å². The molecular weight excluding hydrogens is 298 g/mol. The summed E-state index contributed by atoms with van der Waals surface area (Å²) < 4.78 is 5.50. The van der Waals surface area contributed by atoms with Crippen LogP contribution in [-0.4, -0.2) is 20.7 Å². The van der Waals surface area contributed by atoms with Gasteiger partial charge in [-0.3, -0.25) is 4.98 Å². The Morgan fingerprint density at radius 1 is 1.32 bits per heavy atom. The fourth-order valence-corrected chi connectivity index (χ4v) is 2.90. The molecule has 6 nitrogen and oxygen atoms in total. The molecule has 0 unspecified atom stereocenters. The van der Waals surface area contributed by atoms with Gasteiger partial charge in [0.2, 0.25) is 0 Å². The first kappa shape index (κ1) is 14.4. The Morgan fingerprint density at radius 3 is 3.00 bits per heavy atom. The standard InChI is InChI=1S/C15H13N5OS/c1-9-4-10-5-11(18-8-13(10)21-9)2-3-22-15-19-12(7-16)6-14(17)20-15/h4-6,8H,2-3H2,1H3,(H2,17,19,20). The molecule has 0 saturated heterocycles. The number of nitriles is 1. The Balaban J connectivity index is 1.67. The van der Waals surface area contributed by atoms with Crippen LogP contribution in [0.5, 0.6) is 0 Å². The number of hydrogen-bond donors (Lipinski definition) is 1. The highest BCUT2D eigenvalue weighted by atomic mass is 32.2. The Hall–Kier alpha value is -2.59. The largest absolute Gasteiger partial charge is 0.460 e. The molecular formula is C15H13N5OS. The molecule has 2 N–H and O–H groups in total. The molecule has 3 aromatic heterocycles. The third kappa shape index (κ3) is 3.18. The van der Waals surface area contributed by atoms with E-state index in [9.17, 15) is 0 Å². The van der Waals surface area contributed by atoms with Crippen molar-refractivity contribution in [2.24, 2.45) is 0 Å². The number of fused-ring (bicyclic) bond motifs is 1. The van der Waals surface area contributed by atoms with Crippen molar-refractivity contribution >= 4 is 28.5 Å². The minimum Gasteiger partial charge on any atom is -0.460 e. The van der Waals surface area contributed by atoms with E-state index in [0.717, 1.165) is 34.6 Å². The Bertz CT molecular complexity index is 868. The van der Waals surface area contributed by atoms with Crippen LogP contribution in [-0.2, 0) is 6.42 Å². The number of rotatable bonds is 4. The first-order valence-electron chi connectivity index (χ1n) is 6.66. The second-order valence-electron chi connectivity index (χ2n) is 4.74. The first-order chi connectivity index (χ1) is 10.6. The minimum absolute atomic E-state index is 0.281. The zero-order valence-electron chi connectivity index (χ0n) is 11.9. The number of hydrogen-bond acceptors (Lipinski definition) is 7. The molecule has 0 saturated carbocycles. The molecule has 0 bridgehead atoms. The van der Waals surface area contributed by atoms with E-state index in [-0.39, 0.29) is 5.69 Å². The second-order valence-corrected chi connectivity index (χ2v) is 5.80. The summed E-state index contributed by atoms with van der Waals surface area (Å²) in [6.45, 7) is 1.92. The minimum atomic E-state index is 0.281. The predicted molar refractivity (Wildman–Crippen MR) is 84.3 cm³/mol. The van der Waals surface area contributed by atoms with Gasteiger partial charge in [0.25, 0.3) is 0 Å². The Morgan fingerprint density at radius 2 is 2.18 bits per heavy atom. The normalized spacial score (nSPS) is 10.7. The summed E-state index contributed by atoms with van der Waals surface area (Å²) in [5.41, 5.74) is 7.70. The van der Waals surface area contributed by atoms with Gasteiger partial charge >= 0.3 is 0 Å². The monoisotopic (exact) mass is 311 g/mol. The molecule has 7 heteroatoms. The second kappa shape index (κ2) is 6.03. The zero-order valence-corrected chi connectivity index (χ0v) is 12.7. The molecule has 0 aliphatic heterocycles. The SMILES string of the molecule is Cc1cc2cc(CCSc3nc(N)cc(C#N)n3)ncc2o1. The fraction of sp³-hybridized carbons (Fsp3) is 0.200. The number of nitrogens with two attached hydrogens (primary N) is 1. The summed E-state index contributed by atoms with van der Waals surface area (Å²) in [5, 5.41) is 10.4. The van der Waals surface area contributed by atoms with Gasteiger partial charge < -0.3 is 10.2 Å².